The molecule has 0 saturated carbocycles. The molecule has 0 fully saturated rings. The van der Waals surface area contributed by atoms with Gasteiger partial charge in [0.25, 0.3) is 0 Å². The quantitative estimate of drug-likeness (QED) is 0.705. The lowest BCUT2D eigenvalue weighted by atomic mass is 10.3. The first-order chi connectivity index (χ1) is 6.91. The Bertz CT molecular complexity index is 390. The molecule has 82 valence electrons. The molecule has 0 aliphatic carbocycles. The van der Waals surface area contributed by atoms with Crippen LogP contribution in [-0.2, 0) is 4.79 Å². The first-order valence-corrected chi connectivity index (χ1v) is 4.52. The van der Waals surface area contributed by atoms with Gasteiger partial charge >= 0.3 is 0 Å². The molecule has 6 nitrogen and oxygen atoms in total. The molecule has 0 bridgehead atoms. The molecule has 1 amide bonds. The molecule has 0 unspecified atom stereocenters. The van der Waals surface area contributed by atoms with Crippen LogP contribution in [-0.4, -0.2) is 29.5 Å². The Balaban J connectivity index is 3.07. The molecule has 1 rings (SSSR count). The number of anilines is 2. The molecule has 1 heterocycles. The van der Waals surface area contributed by atoms with Crippen LogP contribution >= 0.6 is 0 Å². The van der Waals surface area contributed by atoms with Gasteiger partial charge in [-0.3, -0.25) is 4.79 Å². The van der Waals surface area contributed by atoms with E-state index >= 15 is 0 Å². The number of aryl methyl sites for hydroxylation is 1. The van der Waals surface area contributed by atoms with Gasteiger partial charge in [0.2, 0.25) is 5.91 Å². The number of likely N-dealkylation sites (N-methyl/N-ethyl adjacent to an activating group) is 1. The number of rotatable bonds is 3. The molecular formula is C9H15N5O. The molecule has 0 aliphatic rings. The summed E-state index contributed by atoms with van der Waals surface area (Å²) in [5, 5.41) is 0. The molecule has 0 radical (unpaired) electrons. The van der Waals surface area contributed by atoms with E-state index < -0.39 is 5.91 Å². The van der Waals surface area contributed by atoms with Crippen molar-refractivity contribution in [1.29, 1.82) is 0 Å². The molecule has 0 spiro atoms. The van der Waals surface area contributed by atoms with E-state index in [9.17, 15) is 4.79 Å². The monoisotopic (exact) mass is 209 g/mol. The number of carbonyl (C=O) groups excluding carboxylic acids is 1. The molecule has 1 aromatic rings. The Morgan fingerprint density at radius 3 is 2.53 bits per heavy atom. The summed E-state index contributed by atoms with van der Waals surface area (Å²) in [4.78, 5) is 20.7. The fourth-order valence-corrected chi connectivity index (χ4v) is 1.32. The van der Waals surface area contributed by atoms with E-state index in [0.29, 0.717) is 17.5 Å². The average molecular weight is 209 g/mol. The lowest BCUT2D eigenvalue weighted by molar-refractivity contribution is -0.116. The molecular weight excluding hydrogens is 194 g/mol. The van der Waals surface area contributed by atoms with Gasteiger partial charge in [0.1, 0.15) is 17.5 Å². The molecule has 0 atom stereocenters. The maximum Gasteiger partial charge on any atom is 0.236 e. The average Bonchev–Trinajstić information content (AvgIpc) is 2.09. The van der Waals surface area contributed by atoms with Crippen molar-refractivity contribution in [1.82, 2.24) is 9.97 Å². The van der Waals surface area contributed by atoms with Gasteiger partial charge in [-0.2, -0.15) is 0 Å². The molecule has 4 N–H and O–H groups in total. The highest BCUT2D eigenvalue weighted by molar-refractivity contribution is 5.79. The van der Waals surface area contributed by atoms with Crippen LogP contribution in [0.2, 0.25) is 0 Å². The van der Waals surface area contributed by atoms with Gasteiger partial charge in [-0.25, -0.2) is 9.97 Å². The van der Waals surface area contributed by atoms with Gasteiger partial charge in [-0.05, 0) is 13.8 Å². The smallest absolute Gasteiger partial charge is 0.236 e. The number of nitrogens with two attached hydrogens (primary N) is 2. The highest BCUT2D eigenvalue weighted by atomic mass is 16.1. The Morgan fingerprint density at radius 1 is 1.40 bits per heavy atom. The van der Waals surface area contributed by atoms with E-state index in [4.69, 9.17) is 11.5 Å². The largest absolute Gasteiger partial charge is 0.383 e. The minimum atomic E-state index is -0.410. The third-order valence-corrected chi connectivity index (χ3v) is 2.02. The second-order valence-electron chi connectivity index (χ2n) is 3.43. The van der Waals surface area contributed by atoms with Crippen LogP contribution in [0.15, 0.2) is 0 Å². The molecule has 1 aromatic heterocycles. The van der Waals surface area contributed by atoms with Crippen molar-refractivity contribution in [2.24, 2.45) is 5.73 Å². The molecule has 15 heavy (non-hydrogen) atoms. The summed E-state index contributed by atoms with van der Waals surface area (Å²) in [6.07, 6.45) is 0. The zero-order valence-corrected chi connectivity index (χ0v) is 9.11. The van der Waals surface area contributed by atoms with Gasteiger partial charge < -0.3 is 16.4 Å². The first-order valence-electron chi connectivity index (χ1n) is 4.52. The summed E-state index contributed by atoms with van der Waals surface area (Å²) >= 11 is 0. The normalized spacial score (nSPS) is 10.1. The predicted octanol–water partition coefficient (Wildman–Crippen LogP) is -0.403. The van der Waals surface area contributed by atoms with Crippen LogP contribution in [0.25, 0.3) is 0 Å². The number of aromatic nitrogens is 2. The summed E-state index contributed by atoms with van der Waals surface area (Å²) in [6.45, 7) is 3.66. The zero-order chi connectivity index (χ0) is 11.6. The van der Waals surface area contributed by atoms with Crippen molar-refractivity contribution in [3.8, 4) is 0 Å². The zero-order valence-electron chi connectivity index (χ0n) is 9.11. The highest BCUT2D eigenvalue weighted by Gasteiger charge is 2.12. The first kappa shape index (κ1) is 11.2. The second kappa shape index (κ2) is 4.12. The van der Waals surface area contributed by atoms with Crippen molar-refractivity contribution < 1.29 is 4.79 Å². The lowest BCUT2D eigenvalue weighted by Crippen LogP contribution is -2.32. The fourth-order valence-electron chi connectivity index (χ4n) is 1.32. The van der Waals surface area contributed by atoms with Crippen LogP contribution in [0.3, 0.4) is 0 Å². The minimum Gasteiger partial charge on any atom is -0.383 e. The number of amides is 1. The highest BCUT2D eigenvalue weighted by Crippen LogP contribution is 2.19. The van der Waals surface area contributed by atoms with Crippen molar-refractivity contribution in [3.05, 3.63) is 11.4 Å². The van der Waals surface area contributed by atoms with E-state index in [1.165, 1.54) is 0 Å². The third kappa shape index (κ3) is 2.55. The van der Waals surface area contributed by atoms with Crippen LogP contribution in [0.5, 0.6) is 0 Å². The standard InChI is InChI=1S/C9H15N5O/c1-5-8(11)12-6(2)13-9(5)14(3)4-7(10)15/h4H2,1-3H3,(H2,10,15)(H2,11,12,13). The SMILES string of the molecule is Cc1nc(N)c(C)c(N(C)CC(N)=O)n1. The molecule has 0 aliphatic heterocycles. The number of carbonyl (C=O) groups is 1. The van der Waals surface area contributed by atoms with Gasteiger partial charge in [0, 0.05) is 12.6 Å². The van der Waals surface area contributed by atoms with Crippen LogP contribution in [0.4, 0.5) is 11.6 Å². The van der Waals surface area contributed by atoms with Gasteiger partial charge in [0.05, 0.1) is 6.54 Å². The van der Waals surface area contributed by atoms with Crippen LogP contribution in [0, 0.1) is 13.8 Å². The Labute approximate surface area is 88.3 Å². The van der Waals surface area contributed by atoms with Gasteiger partial charge in [-0.1, -0.05) is 0 Å². The van der Waals surface area contributed by atoms with E-state index in [1.54, 1.807) is 18.9 Å². The van der Waals surface area contributed by atoms with Gasteiger partial charge in [-0.15, -0.1) is 0 Å². The topological polar surface area (TPSA) is 98.1 Å². The number of hydrogen-bond donors (Lipinski definition) is 2. The van der Waals surface area contributed by atoms with Crippen molar-refractivity contribution >= 4 is 17.5 Å². The minimum absolute atomic E-state index is 0.108. The fraction of sp³-hybridized carbons (Fsp3) is 0.444. The van der Waals surface area contributed by atoms with Crippen molar-refractivity contribution in [2.45, 2.75) is 13.8 Å². The summed E-state index contributed by atoms with van der Waals surface area (Å²) in [6, 6.07) is 0. The summed E-state index contributed by atoms with van der Waals surface area (Å²) < 4.78 is 0. The van der Waals surface area contributed by atoms with Crippen LogP contribution < -0.4 is 16.4 Å². The van der Waals surface area contributed by atoms with Crippen LogP contribution in [0.1, 0.15) is 11.4 Å². The molecule has 0 aromatic carbocycles. The molecule has 0 saturated heterocycles. The molecule has 6 heteroatoms. The van der Waals surface area contributed by atoms with E-state index in [0.717, 1.165) is 5.56 Å². The Morgan fingerprint density at radius 2 is 2.00 bits per heavy atom. The Hall–Kier alpha value is -1.85. The van der Waals surface area contributed by atoms with E-state index in [-0.39, 0.29) is 6.54 Å². The van der Waals surface area contributed by atoms with Crippen molar-refractivity contribution in [2.75, 3.05) is 24.2 Å². The van der Waals surface area contributed by atoms with Crippen molar-refractivity contribution in [3.63, 3.8) is 0 Å². The summed E-state index contributed by atoms with van der Waals surface area (Å²) in [5.41, 5.74) is 11.6. The number of primary amides is 1. The van der Waals surface area contributed by atoms with Gasteiger partial charge in [0.15, 0.2) is 0 Å². The summed E-state index contributed by atoms with van der Waals surface area (Å²) in [7, 11) is 1.74. The maximum absolute atomic E-state index is 10.8. The van der Waals surface area contributed by atoms with E-state index in [2.05, 4.69) is 9.97 Å². The summed E-state index contributed by atoms with van der Waals surface area (Å²) in [5.74, 6) is 1.23. The lowest BCUT2D eigenvalue weighted by Gasteiger charge is -2.19. The van der Waals surface area contributed by atoms with E-state index in [1.807, 2.05) is 6.92 Å². The Kier molecular flexibility index (Phi) is 3.08. The predicted molar refractivity (Wildman–Crippen MR) is 58.4 cm³/mol. The number of nitrogens with zero attached hydrogens (tertiary/aromatic N) is 3. The maximum atomic E-state index is 10.8. The third-order valence-electron chi connectivity index (χ3n) is 2.02. The second-order valence-corrected chi connectivity index (χ2v) is 3.43. The number of nitrogen functional groups attached to an aromatic ring is 1. The number of hydrogen-bond acceptors (Lipinski definition) is 5.